The molecule has 1 aromatic carbocycles. The van der Waals surface area contributed by atoms with E-state index in [0.717, 1.165) is 49.2 Å². The second-order valence-electron chi connectivity index (χ2n) is 15.8. The Kier molecular flexibility index (Phi) is 7.15. The van der Waals surface area contributed by atoms with E-state index >= 15 is 0 Å². The normalized spacial score (nSPS) is 49.4. The molecule has 4 saturated carbocycles. The third-order valence-corrected chi connectivity index (χ3v) is 13.8. The fourth-order valence-electron chi connectivity index (χ4n) is 11.5. The minimum Gasteiger partial charge on any atom is -0.461 e. The van der Waals surface area contributed by atoms with Crippen molar-refractivity contribution in [3.05, 3.63) is 35.9 Å². The number of esters is 1. The molecule has 7 rings (SSSR count). The number of carbonyl (C=O) groups is 1. The minimum absolute atomic E-state index is 0.0160. The zero-order chi connectivity index (χ0) is 28.6. The Morgan fingerprint density at radius 1 is 0.976 bits per heavy atom. The van der Waals surface area contributed by atoms with Crippen molar-refractivity contribution in [2.45, 2.75) is 122 Å². The lowest BCUT2D eigenvalue weighted by atomic mass is 9.44. The van der Waals surface area contributed by atoms with Crippen molar-refractivity contribution >= 4 is 5.97 Å². The Labute approximate surface area is 247 Å². The lowest BCUT2D eigenvalue weighted by Crippen LogP contribution is -2.55. The molecule has 0 bridgehead atoms. The van der Waals surface area contributed by atoms with Crippen molar-refractivity contribution in [1.29, 1.82) is 0 Å². The van der Waals surface area contributed by atoms with Gasteiger partial charge in [-0.2, -0.15) is 0 Å². The van der Waals surface area contributed by atoms with Crippen LogP contribution in [0, 0.1) is 52.3 Å². The van der Waals surface area contributed by atoms with Crippen LogP contribution in [-0.2, 0) is 25.4 Å². The summed E-state index contributed by atoms with van der Waals surface area (Å²) < 4.78 is 19.6. The number of hydrogen-bond acceptors (Lipinski definition) is 5. The molecule has 0 aromatic heterocycles. The van der Waals surface area contributed by atoms with Gasteiger partial charge in [-0.05, 0) is 116 Å². The van der Waals surface area contributed by atoms with E-state index in [4.69, 9.17) is 19.9 Å². The van der Waals surface area contributed by atoms with Crippen molar-refractivity contribution in [2.75, 3.05) is 6.61 Å². The third-order valence-electron chi connectivity index (χ3n) is 13.8. The lowest BCUT2D eigenvalue weighted by molar-refractivity contribution is -0.273. The first-order chi connectivity index (χ1) is 19.6. The molecular weight excluding hydrogens is 510 g/mol. The Morgan fingerprint density at radius 2 is 1.76 bits per heavy atom. The van der Waals surface area contributed by atoms with Crippen molar-refractivity contribution in [2.24, 2.45) is 58.0 Å². The third kappa shape index (κ3) is 4.54. The average Bonchev–Trinajstić information content (AvgIpc) is 3.40. The maximum atomic E-state index is 12.9. The molecule has 13 atom stereocenters. The van der Waals surface area contributed by atoms with Crippen LogP contribution < -0.4 is 5.73 Å². The predicted molar refractivity (Wildman–Crippen MR) is 160 cm³/mol. The molecule has 226 valence electrons. The highest BCUT2D eigenvalue weighted by molar-refractivity contribution is 5.76. The molecule has 1 spiro atoms. The molecule has 2 heterocycles. The van der Waals surface area contributed by atoms with Crippen LogP contribution >= 0.6 is 0 Å². The summed E-state index contributed by atoms with van der Waals surface area (Å²) in [7, 11) is 0. The van der Waals surface area contributed by atoms with Gasteiger partial charge in [-0.25, -0.2) is 0 Å². The molecule has 0 amide bonds. The SMILES string of the molecule is C[C@@H]1CC[C@@]2(OC1)O[C@H]1CC3C4CC[C@@H]5C[C@H](OC(=O)[C@@H](N)Cc6ccccc6)CC[C@]5(C)C4CC[C@]3(C)[C@H]1[C@@H]2C. The molecule has 5 heteroatoms. The second kappa shape index (κ2) is 10.3. The molecule has 3 unspecified atom stereocenters. The summed E-state index contributed by atoms with van der Waals surface area (Å²) in [5.41, 5.74) is 8.09. The van der Waals surface area contributed by atoms with Crippen LogP contribution in [0.5, 0.6) is 0 Å². The number of nitrogens with two attached hydrogens (primary N) is 1. The van der Waals surface area contributed by atoms with E-state index < -0.39 is 6.04 Å². The van der Waals surface area contributed by atoms with Gasteiger partial charge in [0.25, 0.3) is 0 Å². The quantitative estimate of drug-likeness (QED) is 0.403. The second-order valence-corrected chi connectivity index (χ2v) is 15.8. The van der Waals surface area contributed by atoms with Crippen LogP contribution in [0.15, 0.2) is 30.3 Å². The Hall–Kier alpha value is -1.43. The Morgan fingerprint density at radius 3 is 2.51 bits per heavy atom. The Bertz CT molecular complexity index is 1120. The molecule has 6 fully saturated rings. The van der Waals surface area contributed by atoms with Crippen LogP contribution in [-0.4, -0.2) is 36.6 Å². The number of hydrogen-bond donors (Lipinski definition) is 1. The van der Waals surface area contributed by atoms with Crippen molar-refractivity contribution in [1.82, 2.24) is 0 Å². The molecule has 2 saturated heterocycles. The first-order valence-corrected chi connectivity index (χ1v) is 16.9. The van der Waals surface area contributed by atoms with Gasteiger partial charge in [-0.1, -0.05) is 58.0 Å². The van der Waals surface area contributed by atoms with Gasteiger partial charge < -0.3 is 19.9 Å². The topological polar surface area (TPSA) is 70.8 Å². The van der Waals surface area contributed by atoms with Gasteiger partial charge >= 0.3 is 5.97 Å². The van der Waals surface area contributed by atoms with E-state index in [0.29, 0.717) is 47.0 Å². The van der Waals surface area contributed by atoms with Gasteiger partial charge in [0.05, 0.1) is 12.7 Å². The van der Waals surface area contributed by atoms with Gasteiger partial charge in [0.15, 0.2) is 5.79 Å². The highest BCUT2D eigenvalue weighted by Gasteiger charge is 2.69. The molecule has 0 radical (unpaired) electrons. The monoisotopic (exact) mass is 563 g/mol. The maximum absolute atomic E-state index is 12.9. The summed E-state index contributed by atoms with van der Waals surface area (Å²) >= 11 is 0. The summed E-state index contributed by atoms with van der Waals surface area (Å²) in [6.45, 7) is 10.8. The molecule has 6 aliphatic rings. The number of benzene rings is 1. The molecule has 1 aromatic rings. The summed E-state index contributed by atoms with van der Waals surface area (Å²) in [6, 6.07) is 9.44. The van der Waals surface area contributed by atoms with E-state index in [2.05, 4.69) is 27.7 Å². The fraction of sp³-hybridized carbons (Fsp3) is 0.806. The van der Waals surface area contributed by atoms with E-state index in [1.54, 1.807) is 0 Å². The van der Waals surface area contributed by atoms with Crippen LogP contribution in [0.25, 0.3) is 0 Å². The molecule has 5 nitrogen and oxygen atoms in total. The molecular formula is C36H53NO4. The average molecular weight is 564 g/mol. The smallest absolute Gasteiger partial charge is 0.323 e. The summed E-state index contributed by atoms with van der Waals surface area (Å²) in [5, 5.41) is 0. The first kappa shape index (κ1) is 28.3. The summed E-state index contributed by atoms with van der Waals surface area (Å²) in [5.74, 6) is 4.20. The summed E-state index contributed by atoms with van der Waals surface area (Å²) in [6.07, 6.45) is 12.9. The standard InChI is InChI=1S/C36H53NO4/c1-22-12-17-36(39-21-22)23(2)32-31(41-36)20-29-27-11-10-25-19-26(13-15-34(25,3)28(27)14-16-35(29,32)4)40-33(38)30(37)18-24-8-6-5-7-9-24/h5-9,22-23,25-32H,10-21,37H2,1-4H3/t22-,23+,25-,26-,27?,28?,29?,30+,31+,32+,34+,35+,36-/m1/s1. The van der Waals surface area contributed by atoms with Crippen molar-refractivity contribution in [3.63, 3.8) is 0 Å². The van der Waals surface area contributed by atoms with Crippen molar-refractivity contribution < 1.29 is 19.0 Å². The zero-order valence-electron chi connectivity index (χ0n) is 25.9. The molecule has 4 aliphatic carbocycles. The van der Waals surface area contributed by atoms with Crippen molar-refractivity contribution in [3.8, 4) is 0 Å². The number of ether oxygens (including phenoxy) is 3. The van der Waals surface area contributed by atoms with Crippen LogP contribution in [0.2, 0.25) is 0 Å². The van der Waals surface area contributed by atoms with E-state index in [9.17, 15) is 4.79 Å². The maximum Gasteiger partial charge on any atom is 0.323 e. The highest BCUT2D eigenvalue weighted by atomic mass is 16.7. The van der Waals surface area contributed by atoms with Gasteiger partial charge in [0.1, 0.15) is 12.1 Å². The van der Waals surface area contributed by atoms with E-state index in [1.807, 2.05) is 30.3 Å². The highest BCUT2D eigenvalue weighted by Crippen LogP contribution is 2.71. The minimum atomic E-state index is -0.592. The molecule has 2 aliphatic heterocycles. The fourth-order valence-corrected chi connectivity index (χ4v) is 11.5. The lowest BCUT2D eigenvalue weighted by Gasteiger charge is -2.61. The van der Waals surface area contributed by atoms with Crippen LogP contribution in [0.1, 0.15) is 97.5 Å². The Balaban J connectivity index is 1.00. The molecule has 41 heavy (non-hydrogen) atoms. The largest absolute Gasteiger partial charge is 0.461 e. The van der Waals surface area contributed by atoms with Gasteiger partial charge in [-0.3, -0.25) is 4.79 Å². The zero-order valence-corrected chi connectivity index (χ0v) is 25.9. The van der Waals surface area contributed by atoms with Gasteiger partial charge in [0.2, 0.25) is 0 Å². The first-order valence-electron chi connectivity index (χ1n) is 16.9. The predicted octanol–water partition coefficient (Wildman–Crippen LogP) is 6.91. The number of fused-ring (bicyclic) bond motifs is 7. The summed E-state index contributed by atoms with van der Waals surface area (Å²) in [4.78, 5) is 12.9. The van der Waals surface area contributed by atoms with Gasteiger partial charge in [0, 0.05) is 12.3 Å². The van der Waals surface area contributed by atoms with E-state index in [1.165, 1.54) is 44.9 Å². The number of carbonyl (C=O) groups excluding carboxylic acids is 1. The molecule has 2 N–H and O–H groups in total. The number of rotatable bonds is 4. The van der Waals surface area contributed by atoms with Crippen LogP contribution in [0.4, 0.5) is 0 Å². The van der Waals surface area contributed by atoms with E-state index in [-0.39, 0.29) is 17.9 Å². The van der Waals surface area contributed by atoms with Crippen LogP contribution in [0.3, 0.4) is 0 Å². The van der Waals surface area contributed by atoms with Gasteiger partial charge in [-0.15, -0.1) is 0 Å².